The second kappa shape index (κ2) is 12.7. The SMILES string of the molecule is CCc1c2nc(-c3cc(S(=O)(=O)N4CCN(C(C)C)CC4)cnc3OCCOC)[nH]c(=O)c2nn1Cc1ccccn1. The molecule has 1 saturated heterocycles. The van der Waals surface area contributed by atoms with Crippen LogP contribution < -0.4 is 10.3 Å². The van der Waals surface area contributed by atoms with Crippen LogP contribution in [0.4, 0.5) is 0 Å². The molecule has 1 fully saturated rings. The van der Waals surface area contributed by atoms with E-state index in [4.69, 9.17) is 14.5 Å². The summed E-state index contributed by atoms with van der Waals surface area (Å²) >= 11 is 0. The molecular formula is C28H36N8O5S. The lowest BCUT2D eigenvalue weighted by molar-refractivity contribution is 0.144. The van der Waals surface area contributed by atoms with Crippen molar-refractivity contribution in [1.29, 1.82) is 0 Å². The monoisotopic (exact) mass is 596 g/mol. The molecule has 0 spiro atoms. The summed E-state index contributed by atoms with van der Waals surface area (Å²) in [5.41, 5.74) is 1.96. The molecule has 1 aliphatic heterocycles. The molecule has 4 aromatic rings. The Balaban J connectivity index is 1.57. The molecule has 0 aliphatic carbocycles. The fourth-order valence-corrected chi connectivity index (χ4v) is 6.40. The third-order valence-electron chi connectivity index (χ3n) is 7.32. The van der Waals surface area contributed by atoms with Gasteiger partial charge in [-0.3, -0.25) is 19.4 Å². The number of aromatic amines is 1. The van der Waals surface area contributed by atoms with Crippen molar-refractivity contribution in [2.45, 2.75) is 44.7 Å². The highest BCUT2D eigenvalue weighted by atomic mass is 32.2. The van der Waals surface area contributed by atoms with Gasteiger partial charge >= 0.3 is 0 Å². The second-order valence-electron chi connectivity index (χ2n) is 10.3. The van der Waals surface area contributed by atoms with E-state index < -0.39 is 15.6 Å². The number of sulfonamides is 1. The Labute approximate surface area is 244 Å². The van der Waals surface area contributed by atoms with Gasteiger partial charge in [0.25, 0.3) is 5.56 Å². The maximum Gasteiger partial charge on any atom is 0.279 e. The van der Waals surface area contributed by atoms with Crippen LogP contribution in [0.15, 0.2) is 46.3 Å². The summed E-state index contributed by atoms with van der Waals surface area (Å²) in [6, 6.07) is 7.42. The van der Waals surface area contributed by atoms with Gasteiger partial charge in [0.05, 0.1) is 36.3 Å². The maximum absolute atomic E-state index is 13.7. The Morgan fingerprint density at radius 3 is 2.52 bits per heavy atom. The number of rotatable bonds is 11. The summed E-state index contributed by atoms with van der Waals surface area (Å²) in [6.07, 6.45) is 3.55. The summed E-state index contributed by atoms with van der Waals surface area (Å²) < 4.78 is 41.5. The number of methoxy groups -OCH3 is 1. The predicted octanol–water partition coefficient (Wildman–Crippen LogP) is 1.93. The molecule has 1 N–H and O–H groups in total. The molecule has 0 radical (unpaired) electrons. The lowest BCUT2D eigenvalue weighted by Crippen LogP contribution is -2.50. The van der Waals surface area contributed by atoms with Gasteiger partial charge in [-0.15, -0.1) is 0 Å². The first-order chi connectivity index (χ1) is 20.2. The smallest absolute Gasteiger partial charge is 0.279 e. The first kappa shape index (κ1) is 29.8. The summed E-state index contributed by atoms with van der Waals surface area (Å²) in [7, 11) is -2.31. The minimum Gasteiger partial charge on any atom is -0.475 e. The first-order valence-electron chi connectivity index (χ1n) is 14.0. The highest BCUT2D eigenvalue weighted by molar-refractivity contribution is 7.89. The molecule has 13 nitrogen and oxygen atoms in total. The molecule has 4 aromatic heterocycles. The van der Waals surface area contributed by atoms with Crippen molar-refractivity contribution >= 4 is 21.1 Å². The van der Waals surface area contributed by atoms with Crippen LogP contribution in [-0.4, -0.2) is 99.9 Å². The minimum absolute atomic E-state index is 0.00102. The zero-order chi connectivity index (χ0) is 29.9. The normalized spacial score (nSPS) is 15.1. The van der Waals surface area contributed by atoms with E-state index in [1.807, 2.05) is 25.1 Å². The van der Waals surface area contributed by atoms with E-state index in [-0.39, 0.29) is 34.3 Å². The van der Waals surface area contributed by atoms with Gasteiger partial charge in [-0.2, -0.15) is 9.40 Å². The standard InChI is InChI=1S/C28H36N8O5S/c1-5-23-24-25(33-36(23)18-20-8-6-7-9-29-20)27(37)32-26(31-24)22-16-21(17-30-28(22)41-15-14-40-4)42(38,39)35-12-10-34(11-13-35)19(2)3/h6-9,16-17,19H,5,10-15,18H2,1-4H3,(H,31,32,37). The van der Waals surface area contributed by atoms with Crippen molar-refractivity contribution in [3.8, 4) is 17.3 Å². The van der Waals surface area contributed by atoms with Gasteiger partial charge in [0.1, 0.15) is 22.8 Å². The fraction of sp³-hybridized carbons (Fsp3) is 0.464. The molecule has 5 heterocycles. The molecule has 0 bridgehead atoms. The van der Waals surface area contributed by atoms with E-state index >= 15 is 0 Å². The Hall–Kier alpha value is -3.72. The van der Waals surface area contributed by atoms with Crippen LogP contribution in [0.2, 0.25) is 0 Å². The number of ether oxygens (including phenoxy) is 2. The topological polar surface area (TPSA) is 148 Å². The Morgan fingerprint density at radius 1 is 1.07 bits per heavy atom. The Morgan fingerprint density at radius 2 is 1.86 bits per heavy atom. The minimum atomic E-state index is -3.86. The number of pyridine rings is 2. The molecule has 0 atom stereocenters. The van der Waals surface area contributed by atoms with Crippen LogP contribution in [0.25, 0.3) is 22.4 Å². The van der Waals surface area contributed by atoms with Crippen LogP contribution in [0.1, 0.15) is 32.2 Å². The number of nitrogens with one attached hydrogen (secondary N) is 1. The first-order valence-corrected chi connectivity index (χ1v) is 15.4. The number of piperazine rings is 1. The number of hydrogen-bond acceptors (Lipinski definition) is 10. The van der Waals surface area contributed by atoms with Gasteiger partial charge in [-0.05, 0) is 38.5 Å². The highest BCUT2D eigenvalue weighted by Crippen LogP contribution is 2.30. The Bertz CT molecular complexity index is 1700. The second-order valence-corrected chi connectivity index (χ2v) is 12.2. The van der Waals surface area contributed by atoms with Crippen LogP contribution in [0.5, 0.6) is 5.88 Å². The van der Waals surface area contributed by atoms with E-state index in [0.29, 0.717) is 57.3 Å². The van der Waals surface area contributed by atoms with Gasteiger partial charge < -0.3 is 14.5 Å². The molecule has 0 amide bonds. The van der Waals surface area contributed by atoms with Gasteiger partial charge in [0, 0.05) is 45.5 Å². The fourth-order valence-electron chi connectivity index (χ4n) is 5.01. The van der Waals surface area contributed by atoms with E-state index in [1.165, 1.54) is 16.6 Å². The van der Waals surface area contributed by atoms with Gasteiger partial charge in [0.2, 0.25) is 15.9 Å². The number of nitrogens with zero attached hydrogens (tertiary/aromatic N) is 7. The predicted molar refractivity (Wildman–Crippen MR) is 157 cm³/mol. The van der Waals surface area contributed by atoms with Crippen LogP contribution in [0.3, 0.4) is 0 Å². The maximum atomic E-state index is 13.7. The molecule has 42 heavy (non-hydrogen) atoms. The van der Waals surface area contributed by atoms with Crippen LogP contribution in [0, 0.1) is 0 Å². The van der Waals surface area contributed by atoms with E-state index in [0.717, 1.165) is 11.4 Å². The highest BCUT2D eigenvalue weighted by Gasteiger charge is 2.31. The molecular weight excluding hydrogens is 560 g/mol. The average molecular weight is 597 g/mol. The molecule has 14 heteroatoms. The van der Waals surface area contributed by atoms with E-state index in [1.54, 1.807) is 18.0 Å². The lowest BCUT2D eigenvalue weighted by Gasteiger charge is -2.36. The largest absolute Gasteiger partial charge is 0.475 e. The number of aryl methyl sites for hydroxylation is 1. The van der Waals surface area contributed by atoms with Crippen molar-refractivity contribution in [2.24, 2.45) is 0 Å². The average Bonchev–Trinajstić information content (AvgIpc) is 3.35. The zero-order valence-electron chi connectivity index (χ0n) is 24.3. The van der Waals surface area contributed by atoms with Gasteiger partial charge in [0.15, 0.2) is 5.52 Å². The molecule has 0 aromatic carbocycles. The lowest BCUT2D eigenvalue weighted by atomic mass is 10.2. The van der Waals surface area contributed by atoms with Crippen molar-refractivity contribution in [2.75, 3.05) is 46.5 Å². The third kappa shape index (κ3) is 6.07. The number of aromatic nitrogens is 6. The molecule has 224 valence electrons. The van der Waals surface area contributed by atoms with Crippen molar-refractivity contribution < 1.29 is 17.9 Å². The van der Waals surface area contributed by atoms with Crippen LogP contribution in [-0.2, 0) is 27.7 Å². The van der Waals surface area contributed by atoms with E-state index in [9.17, 15) is 13.2 Å². The molecule has 0 saturated carbocycles. The molecule has 1 aliphatic rings. The third-order valence-corrected chi connectivity index (χ3v) is 9.19. The van der Waals surface area contributed by atoms with E-state index in [2.05, 4.69) is 38.8 Å². The Kier molecular flexibility index (Phi) is 8.96. The van der Waals surface area contributed by atoms with Crippen molar-refractivity contribution in [1.82, 2.24) is 38.9 Å². The van der Waals surface area contributed by atoms with Crippen molar-refractivity contribution in [3.05, 3.63) is 58.4 Å². The summed E-state index contributed by atoms with van der Waals surface area (Å²) in [5, 5.41) is 4.53. The summed E-state index contributed by atoms with van der Waals surface area (Å²) in [6.45, 7) is 9.03. The quantitative estimate of drug-likeness (QED) is 0.255. The molecule has 0 unspecified atom stereocenters. The number of fused-ring (bicyclic) bond motifs is 1. The van der Waals surface area contributed by atoms with Gasteiger partial charge in [-0.25, -0.2) is 18.4 Å². The van der Waals surface area contributed by atoms with Gasteiger partial charge in [-0.1, -0.05) is 13.0 Å². The van der Waals surface area contributed by atoms with Crippen molar-refractivity contribution in [3.63, 3.8) is 0 Å². The summed E-state index contributed by atoms with van der Waals surface area (Å²) in [4.78, 5) is 31.8. The summed E-state index contributed by atoms with van der Waals surface area (Å²) in [5.74, 6) is 0.276. The number of hydrogen-bond donors (Lipinski definition) is 1. The molecule has 5 rings (SSSR count). The zero-order valence-corrected chi connectivity index (χ0v) is 25.1. The van der Waals surface area contributed by atoms with Crippen LogP contribution >= 0.6 is 0 Å². The number of H-pyrrole nitrogens is 1.